The summed E-state index contributed by atoms with van der Waals surface area (Å²) in [4.78, 5) is 15.1. The van der Waals surface area contributed by atoms with E-state index in [0.717, 1.165) is 0 Å². The first-order chi connectivity index (χ1) is 10.0. The van der Waals surface area contributed by atoms with Gasteiger partial charge in [-0.3, -0.25) is 0 Å². The van der Waals surface area contributed by atoms with Crippen LogP contribution in [0.2, 0.25) is 0 Å². The number of hydrogen-bond donors (Lipinski definition) is 1. The van der Waals surface area contributed by atoms with Crippen molar-refractivity contribution in [1.29, 1.82) is 0 Å². The van der Waals surface area contributed by atoms with Crippen LogP contribution in [0.3, 0.4) is 0 Å². The number of nitrogens with zero attached hydrogens (tertiary/aromatic N) is 3. The lowest BCUT2D eigenvalue weighted by Gasteiger charge is -2.13. The smallest absolute Gasteiger partial charge is 0.335 e. The number of rotatable bonds is 6. The largest absolute Gasteiger partial charge is 0.493 e. The number of benzene rings is 1. The molecular weight excluding hydrogens is 274 g/mol. The summed E-state index contributed by atoms with van der Waals surface area (Å²) in [7, 11) is 1.50. The van der Waals surface area contributed by atoms with Crippen LogP contribution in [0.4, 0.5) is 0 Å². The number of carboxylic acids is 1. The fraction of sp³-hybridized carbons (Fsp3) is 0.357. The van der Waals surface area contributed by atoms with Crippen LogP contribution < -0.4 is 9.47 Å². The Morgan fingerprint density at radius 1 is 1.38 bits per heavy atom. The molecule has 0 aliphatic rings. The Kier molecular flexibility index (Phi) is 4.42. The molecule has 1 heterocycles. The average molecular weight is 291 g/mol. The number of hydrogen-bond acceptors (Lipinski definition) is 5. The van der Waals surface area contributed by atoms with Crippen molar-refractivity contribution in [2.75, 3.05) is 7.11 Å². The Bertz CT molecular complexity index is 637. The first kappa shape index (κ1) is 14.8. The summed E-state index contributed by atoms with van der Waals surface area (Å²) in [6.45, 7) is 4.16. The van der Waals surface area contributed by atoms with Crippen molar-refractivity contribution in [3.8, 4) is 11.5 Å². The van der Waals surface area contributed by atoms with Gasteiger partial charge in [-0.15, -0.1) is 0 Å². The van der Waals surface area contributed by atoms with Gasteiger partial charge in [-0.25, -0.2) is 14.5 Å². The van der Waals surface area contributed by atoms with Crippen molar-refractivity contribution in [1.82, 2.24) is 14.8 Å². The van der Waals surface area contributed by atoms with E-state index in [1.165, 1.54) is 25.6 Å². The highest BCUT2D eigenvalue weighted by Gasteiger charge is 2.13. The fourth-order valence-corrected chi connectivity index (χ4v) is 1.87. The summed E-state index contributed by atoms with van der Waals surface area (Å²) in [6, 6.07) is 4.62. The van der Waals surface area contributed by atoms with Crippen LogP contribution in [0, 0.1) is 0 Å². The maximum atomic E-state index is 11.0. The molecule has 0 unspecified atom stereocenters. The Labute approximate surface area is 122 Å². The highest BCUT2D eigenvalue weighted by Crippen LogP contribution is 2.28. The molecule has 21 heavy (non-hydrogen) atoms. The predicted octanol–water partition coefficient (Wildman–Crippen LogP) is 2.14. The van der Waals surface area contributed by atoms with Gasteiger partial charge in [-0.2, -0.15) is 5.10 Å². The summed E-state index contributed by atoms with van der Waals surface area (Å²) < 4.78 is 12.6. The molecule has 2 aromatic rings. The lowest BCUT2D eigenvalue weighted by molar-refractivity contribution is 0.0696. The van der Waals surface area contributed by atoms with E-state index in [4.69, 9.17) is 14.6 Å². The second-order valence-electron chi connectivity index (χ2n) is 4.67. The van der Waals surface area contributed by atoms with Crippen molar-refractivity contribution in [2.45, 2.75) is 26.5 Å². The lowest BCUT2D eigenvalue weighted by Crippen LogP contribution is -2.11. The molecule has 7 nitrogen and oxygen atoms in total. The number of aromatic carboxylic acids is 1. The molecule has 0 radical (unpaired) electrons. The molecule has 1 aromatic carbocycles. The minimum Gasteiger partial charge on any atom is -0.493 e. The van der Waals surface area contributed by atoms with Crippen molar-refractivity contribution < 1.29 is 19.4 Å². The first-order valence-electron chi connectivity index (χ1n) is 6.45. The molecule has 0 spiro atoms. The number of carboxylic acid groups (broad SMARTS) is 1. The predicted molar refractivity (Wildman–Crippen MR) is 74.7 cm³/mol. The topological polar surface area (TPSA) is 86.5 Å². The molecule has 1 N–H and O–H groups in total. The van der Waals surface area contributed by atoms with Gasteiger partial charge in [0.25, 0.3) is 0 Å². The average Bonchev–Trinajstić information content (AvgIpc) is 2.93. The zero-order valence-corrected chi connectivity index (χ0v) is 12.1. The molecule has 1 aromatic heterocycles. The van der Waals surface area contributed by atoms with Crippen LogP contribution in [-0.4, -0.2) is 33.0 Å². The van der Waals surface area contributed by atoms with Crippen LogP contribution in [0.5, 0.6) is 11.5 Å². The molecule has 7 heteroatoms. The van der Waals surface area contributed by atoms with E-state index in [1.807, 2.05) is 13.8 Å². The van der Waals surface area contributed by atoms with Crippen LogP contribution in [-0.2, 0) is 6.61 Å². The minimum atomic E-state index is -1.02. The van der Waals surface area contributed by atoms with Gasteiger partial charge in [0.05, 0.1) is 12.7 Å². The van der Waals surface area contributed by atoms with E-state index in [1.54, 1.807) is 10.7 Å². The summed E-state index contributed by atoms with van der Waals surface area (Å²) in [5.41, 5.74) is 0.135. The standard InChI is InChI=1S/C14H17N3O4/c1-9(2)17-13(15-8-16-17)7-21-12-6-10(14(18)19)4-5-11(12)20-3/h4-6,8-9H,7H2,1-3H3,(H,18,19). The van der Waals surface area contributed by atoms with Crippen molar-refractivity contribution in [3.05, 3.63) is 35.9 Å². The van der Waals surface area contributed by atoms with Crippen LogP contribution >= 0.6 is 0 Å². The van der Waals surface area contributed by atoms with Gasteiger partial charge < -0.3 is 14.6 Å². The number of methoxy groups -OCH3 is 1. The monoisotopic (exact) mass is 291 g/mol. The van der Waals surface area contributed by atoms with Crippen LogP contribution in [0.1, 0.15) is 36.1 Å². The molecule has 0 amide bonds. The third-order valence-corrected chi connectivity index (χ3v) is 2.90. The number of carbonyl (C=O) groups is 1. The third-order valence-electron chi connectivity index (χ3n) is 2.90. The van der Waals surface area contributed by atoms with Gasteiger partial charge in [-0.1, -0.05) is 0 Å². The number of aromatic nitrogens is 3. The molecule has 0 saturated carbocycles. The maximum absolute atomic E-state index is 11.0. The molecule has 0 aliphatic heterocycles. The van der Waals surface area contributed by atoms with Gasteiger partial charge in [0, 0.05) is 6.04 Å². The quantitative estimate of drug-likeness (QED) is 0.877. The van der Waals surface area contributed by atoms with E-state index in [2.05, 4.69) is 10.1 Å². The van der Waals surface area contributed by atoms with Crippen LogP contribution in [0.25, 0.3) is 0 Å². The normalized spacial score (nSPS) is 10.7. The summed E-state index contributed by atoms with van der Waals surface area (Å²) in [5.74, 6) is 0.465. The third kappa shape index (κ3) is 3.31. The van der Waals surface area contributed by atoms with Gasteiger partial charge in [-0.05, 0) is 32.0 Å². The Hall–Kier alpha value is -2.57. The van der Waals surface area contributed by atoms with E-state index < -0.39 is 5.97 Å². The second kappa shape index (κ2) is 6.25. The fourth-order valence-electron chi connectivity index (χ4n) is 1.87. The van der Waals surface area contributed by atoms with Gasteiger partial charge in [0.2, 0.25) is 0 Å². The summed E-state index contributed by atoms with van der Waals surface area (Å²) in [5, 5.41) is 13.1. The minimum absolute atomic E-state index is 0.135. The highest BCUT2D eigenvalue weighted by atomic mass is 16.5. The molecule has 0 saturated heterocycles. The molecule has 0 bridgehead atoms. The van der Waals surface area contributed by atoms with E-state index in [0.29, 0.717) is 17.3 Å². The molecule has 0 aliphatic carbocycles. The lowest BCUT2D eigenvalue weighted by atomic mass is 10.2. The molecular formula is C14H17N3O4. The molecule has 0 fully saturated rings. The maximum Gasteiger partial charge on any atom is 0.335 e. The van der Waals surface area contributed by atoms with Crippen molar-refractivity contribution in [2.24, 2.45) is 0 Å². The van der Waals surface area contributed by atoms with Gasteiger partial charge in [0.15, 0.2) is 17.3 Å². The molecule has 0 atom stereocenters. The Balaban J connectivity index is 2.20. The van der Waals surface area contributed by atoms with Crippen molar-refractivity contribution in [3.63, 3.8) is 0 Å². The van der Waals surface area contributed by atoms with Gasteiger partial charge >= 0.3 is 5.97 Å². The zero-order chi connectivity index (χ0) is 15.4. The van der Waals surface area contributed by atoms with E-state index in [-0.39, 0.29) is 18.2 Å². The summed E-state index contributed by atoms with van der Waals surface area (Å²) >= 11 is 0. The van der Waals surface area contributed by atoms with E-state index in [9.17, 15) is 4.79 Å². The zero-order valence-electron chi connectivity index (χ0n) is 12.1. The first-order valence-corrected chi connectivity index (χ1v) is 6.45. The van der Waals surface area contributed by atoms with Crippen LogP contribution in [0.15, 0.2) is 24.5 Å². The number of ether oxygens (including phenoxy) is 2. The Morgan fingerprint density at radius 2 is 2.14 bits per heavy atom. The summed E-state index contributed by atoms with van der Waals surface area (Å²) in [6.07, 6.45) is 1.46. The SMILES string of the molecule is COc1ccc(C(=O)O)cc1OCc1ncnn1C(C)C. The highest BCUT2D eigenvalue weighted by molar-refractivity contribution is 5.88. The van der Waals surface area contributed by atoms with Gasteiger partial charge in [0.1, 0.15) is 12.9 Å². The van der Waals surface area contributed by atoms with E-state index >= 15 is 0 Å². The molecule has 112 valence electrons. The van der Waals surface area contributed by atoms with Crippen molar-refractivity contribution >= 4 is 5.97 Å². The second-order valence-corrected chi connectivity index (χ2v) is 4.67. The molecule has 2 rings (SSSR count). The Morgan fingerprint density at radius 3 is 2.76 bits per heavy atom.